The Morgan fingerprint density at radius 2 is 0.924 bits per heavy atom. The van der Waals surface area contributed by atoms with E-state index in [9.17, 15) is 25.2 Å². The van der Waals surface area contributed by atoms with Crippen molar-refractivity contribution in [2.45, 2.75) is 230 Å². The monoisotopic (exact) mass is 925 g/mol. The van der Waals surface area contributed by atoms with Gasteiger partial charge in [0.1, 0.15) is 30.5 Å². The standard InChI is InChI=1S/C57H96O9/c1-3-5-7-9-11-13-15-17-19-21-23-25-26-27-28-30-32-34-36-38-40-42-44-46-53(59)65-51(50-64-57-56(62)55(61)54(60)52(48-58)66-57)49-63-47-45-43-41-39-37-35-33-31-29-24-22-20-18-16-14-12-10-8-6-4-2/h5,7,11-14,17-20,23,25,27-28,32,34,51-52,54-58,60-62H,3-4,6,8-10,15-16,21-22,24,26,29-31,33,35-50H2,1-2H3/b7-5-,13-11-,14-12-,19-17-,20-18-,25-23-,28-27-,34-32-. The Kier molecular flexibility index (Phi) is 43.7. The molecule has 1 saturated heterocycles. The number of unbranched alkanes of at least 4 members (excludes halogenated alkanes) is 17. The maximum atomic E-state index is 12.8. The molecule has 6 unspecified atom stereocenters. The van der Waals surface area contributed by atoms with E-state index >= 15 is 0 Å². The maximum Gasteiger partial charge on any atom is 0.306 e. The van der Waals surface area contributed by atoms with Crippen molar-refractivity contribution >= 4 is 5.97 Å². The summed E-state index contributed by atoms with van der Waals surface area (Å²) in [7, 11) is 0. The summed E-state index contributed by atoms with van der Waals surface area (Å²) in [6.07, 6.45) is 58.6. The molecular weight excluding hydrogens is 829 g/mol. The molecular formula is C57H96O9. The van der Waals surface area contributed by atoms with Crippen molar-refractivity contribution < 1.29 is 44.2 Å². The summed E-state index contributed by atoms with van der Waals surface area (Å²) in [5.41, 5.74) is 0. The van der Waals surface area contributed by atoms with E-state index in [2.05, 4.69) is 111 Å². The van der Waals surface area contributed by atoms with Gasteiger partial charge in [0.05, 0.1) is 19.8 Å². The summed E-state index contributed by atoms with van der Waals surface area (Å²) >= 11 is 0. The van der Waals surface area contributed by atoms with Crippen LogP contribution in [-0.4, -0.2) is 89.6 Å². The predicted molar refractivity (Wildman–Crippen MR) is 274 cm³/mol. The first kappa shape index (κ1) is 61.1. The maximum absolute atomic E-state index is 12.8. The van der Waals surface area contributed by atoms with Crippen LogP contribution >= 0.6 is 0 Å². The molecule has 0 aliphatic carbocycles. The largest absolute Gasteiger partial charge is 0.457 e. The molecule has 1 rings (SSSR count). The lowest BCUT2D eigenvalue weighted by molar-refractivity contribution is -0.305. The molecule has 0 aromatic rings. The van der Waals surface area contributed by atoms with E-state index in [0.29, 0.717) is 6.61 Å². The van der Waals surface area contributed by atoms with Crippen molar-refractivity contribution in [1.82, 2.24) is 0 Å². The molecule has 1 aliphatic rings. The molecule has 9 nitrogen and oxygen atoms in total. The molecule has 0 aromatic carbocycles. The van der Waals surface area contributed by atoms with Gasteiger partial charge < -0.3 is 39.4 Å². The lowest BCUT2D eigenvalue weighted by Gasteiger charge is -2.39. The number of hydrogen-bond donors (Lipinski definition) is 4. The lowest BCUT2D eigenvalue weighted by Crippen LogP contribution is -2.59. The van der Waals surface area contributed by atoms with E-state index in [0.717, 1.165) is 89.9 Å². The van der Waals surface area contributed by atoms with Gasteiger partial charge in [0.15, 0.2) is 6.29 Å². The number of esters is 1. The molecule has 1 aliphatic heterocycles. The summed E-state index contributed by atoms with van der Waals surface area (Å²) in [6.45, 7) is 4.38. The Morgan fingerprint density at radius 3 is 1.39 bits per heavy atom. The minimum atomic E-state index is -1.55. The van der Waals surface area contributed by atoms with Crippen LogP contribution in [0.15, 0.2) is 97.2 Å². The third kappa shape index (κ3) is 37.1. The number of aliphatic hydroxyl groups excluding tert-OH is 4. The van der Waals surface area contributed by atoms with Gasteiger partial charge in [-0.05, 0) is 96.3 Å². The van der Waals surface area contributed by atoms with Crippen LogP contribution in [0.4, 0.5) is 0 Å². The summed E-state index contributed by atoms with van der Waals surface area (Å²) < 4.78 is 22.9. The van der Waals surface area contributed by atoms with Crippen molar-refractivity contribution in [2.75, 3.05) is 26.4 Å². The fourth-order valence-electron chi connectivity index (χ4n) is 7.41. The predicted octanol–water partition coefficient (Wildman–Crippen LogP) is 13.1. The van der Waals surface area contributed by atoms with Crippen LogP contribution < -0.4 is 0 Å². The fourth-order valence-corrected chi connectivity index (χ4v) is 7.41. The smallest absolute Gasteiger partial charge is 0.306 e. The molecule has 0 radical (unpaired) electrons. The zero-order chi connectivity index (χ0) is 47.8. The third-order valence-corrected chi connectivity index (χ3v) is 11.5. The number of carbonyl (C=O) groups excluding carboxylic acids is 1. The number of hydrogen-bond acceptors (Lipinski definition) is 9. The first-order chi connectivity index (χ1) is 32.4. The first-order valence-electron chi connectivity index (χ1n) is 26.3. The van der Waals surface area contributed by atoms with Crippen LogP contribution in [-0.2, 0) is 23.7 Å². The molecule has 0 spiro atoms. The molecule has 0 amide bonds. The van der Waals surface area contributed by atoms with Gasteiger partial charge in [0, 0.05) is 13.0 Å². The average Bonchev–Trinajstić information content (AvgIpc) is 3.32. The lowest BCUT2D eigenvalue weighted by atomic mass is 9.99. The van der Waals surface area contributed by atoms with Crippen LogP contribution in [0.3, 0.4) is 0 Å². The van der Waals surface area contributed by atoms with Gasteiger partial charge in [-0.3, -0.25) is 4.79 Å². The molecule has 0 saturated carbocycles. The van der Waals surface area contributed by atoms with E-state index in [1.807, 2.05) is 0 Å². The highest BCUT2D eigenvalue weighted by atomic mass is 16.7. The van der Waals surface area contributed by atoms with Gasteiger partial charge >= 0.3 is 5.97 Å². The minimum Gasteiger partial charge on any atom is -0.457 e. The highest BCUT2D eigenvalue weighted by Crippen LogP contribution is 2.22. The van der Waals surface area contributed by atoms with E-state index in [4.69, 9.17) is 18.9 Å². The van der Waals surface area contributed by atoms with Gasteiger partial charge in [0.2, 0.25) is 0 Å². The van der Waals surface area contributed by atoms with E-state index in [1.165, 1.54) is 83.5 Å². The number of allylic oxidation sites excluding steroid dienone is 16. The topological polar surface area (TPSA) is 135 Å². The van der Waals surface area contributed by atoms with E-state index < -0.39 is 43.4 Å². The van der Waals surface area contributed by atoms with Crippen LogP contribution in [0.25, 0.3) is 0 Å². The second-order valence-corrected chi connectivity index (χ2v) is 17.6. The Labute approximate surface area is 402 Å². The minimum absolute atomic E-state index is 0.126. The first-order valence-corrected chi connectivity index (χ1v) is 26.3. The number of rotatable bonds is 44. The van der Waals surface area contributed by atoms with Gasteiger partial charge in [-0.1, -0.05) is 188 Å². The Morgan fingerprint density at radius 1 is 0.500 bits per heavy atom. The molecule has 0 aromatic heterocycles. The van der Waals surface area contributed by atoms with Gasteiger partial charge in [-0.15, -0.1) is 0 Å². The molecule has 378 valence electrons. The number of carbonyl (C=O) groups is 1. The second kappa shape index (κ2) is 47.2. The van der Waals surface area contributed by atoms with Crippen molar-refractivity contribution in [2.24, 2.45) is 0 Å². The summed E-state index contributed by atoms with van der Waals surface area (Å²) in [4.78, 5) is 12.8. The highest BCUT2D eigenvalue weighted by Gasteiger charge is 2.44. The van der Waals surface area contributed by atoms with Crippen molar-refractivity contribution in [3.8, 4) is 0 Å². The number of ether oxygens (including phenoxy) is 4. The Hall–Kier alpha value is -2.89. The zero-order valence-electron chi connectivity index (χ0n) is 41.7. The molecule has 6 atom stereocenters. The fraction of sp³-hybridized carbons (Fsp3) is 0.702. The van der Waals surface area contributed by atoms with Gasteiger partial charge in [0.25, 0.3) is 0 Å². The summed E-state index contributed by atoms with van der Waals surface area (Å²) in [5, 5.41) is 40.3. The second-order valence-electron chi connectivity index (χ2n) is 17.6. The molecule has 0 bridgehead atoms. The molecule has 9 heteroatoms. The normalized spacial score (nSPS) is 20.1. The summed E-state index contributed by atoms with van der Waals surface area (Å²) in [5.74, 6) is -0.341. The Bertz CT molecular complexity index is 1330. The SMILES string of the molecule is CC/C=C\C/C=C\C/C=C\C/C=C\C/C=C\C/C=C\CCCCCCC(=O)OC(COCCCCCCCCCCCC/C=C\C/C=C\CCCCC)COC1OC(CO)C(O)C(O)C1O. The highest BCUT2D eigenvalue weighted by molar-refractivity contribution is 5.69. The molecule has 4 N–H and O–H groups in total. The van der Waals surface area contributed by atoms with E-state index in [-0.39, 0.29) is 25.6 Å². The van der Waals surface area contributed by atoms with E-state index in [1.54, 1.807) is 0 Å². The average molecular weight is 925 g/mol. The van der Waals surface area contributed by atoms with Crippen LogP contribution in [0.2, 0.25) is 0 Å². The van der Waals surface area contributed by atoms with Crippen LogP contribution in [0, 0.1) is 0 Å². The van der Waals surface area contributed by atoms with Gasteiger partial charge in [-0.2, -0.15) is 0 Å². The van der Waals surface area contributed by atoms with Gasteiger partial charge in [-0.25, -0.2) is 0 Å². The molecule has 66 heavy (non-hydrogen) atoms. The number of aliphatic hydroxyl groups is 4. The molecule has 1 heterocycles. The van der Waals surface area contributed by atoms with Crippen molar-refractivity contribution in [1.29, 1.82) is 0 Å². The summed E-state index contributed by atoms with van der Waals surface area (Å²) in [6, 6.07) is 0. The zero-order valence-corrected chi connectivity index (χ0v) is 41.7. The quantitative estimate of drug-likeness (QED) is 0.0268. The van der Waals surface area contributed by atoms with Crippen LogP contribution in [0.5, 0.6) is 0 Å². The molecule has 1 fully saturated rings. The third-order valence-electron chi connectivity index (χ3n) is 11.5. The Balaban J connectivity index is 2.24. The van der Waals surface area contributed by atoms with Crippen molar-refractivity contribution in [3.05, 3.63) is 97.2 Å². The van der Waals surface area contributed by atoms with Crippen molar-refractivity contribution in [3.63, 3.8) is 0 Å². The van der Waals surface area contributed by atoms with Crippen LogP contribution in [0.1, 0.15) is 194 Å².